The van der Waals surface area contributed by atoms with Crippen LogP contribution in [0.1, 0.15) is 72.6 Å². The lowest BCUT2D eigenvalue weighted by atomic mass is 9.83. The fourth-order valence-electron chi connectivity index (χ4n) is 3.97. The fraction of sp³-hybridized carbons (Fsp3) is 0.941. The van der Waals surface area contributed by atoms with Crippen LogP contribution in [0.3, 0.4) is 0 Å². The lowest BCUT2D eigenvalue weighted by Crippen LogP contribution is -2.46. The molecule has 0 aromatic heterocycles. The smallest absolute Gasteiger partial charge is 0.241 e. The minimum absolute atomic E-state index is 0.0357. The lowest BCUT2D eigenvalue weighted by molar-refractivity contribution is -0.134. The molecule has 1 saturated carbocycles. The Labute approximate surface area is 124 Å². The van der Waals surface area contributed by atoms with E-state index >= 15 is 0 Å². The third kappa shape index (κ3) is 3.19. The van der Waals surface area contributed by atoms with E-state index < -0.39 is 0 Å². The molecule has 116 valence electrons. The second kappa shape index (κ2) is 6.93. The van der Waals surface area contributed by atoms with E-state index in [1.165, 1.54) is 32.1 Å². The Bertz CT molecular complexity index is 329. The number of amides is 1. The van der Waals surface area contributed by atoms with Crippen LogP contribution in [-0.2, 0) is 4.79 Å². The summed E-state index contributed by atoms with van der Waals surface area (Å²) in [4.78, 5) is 15.0. The Morgan fingerprint density at radius 2 is 2.05 bits per heavy atom. The predicted octanol–water partition coefficient (Wildman–Crippen LogP) is 3.54. The monoisotopic (exact) mass is 280 g/mol. The molecule has 1 amide bonds. The molecule has 2 aliphatic rings. The van der Waals surface area contributed by atoms with Gasteiger partial charge in [-0.2, -0.15) is 0 Å². The molecule has 1 aliphatic heterocycles. The molecule has 1 heterocycles. The van der Waals surface area contributed by atoms with Crippen molar-refractivity contribution in [2.24, 2.45) is 11.8 Å². The molecule has 0 spiro atoms. The standard InChI is InChI=1S/C17H32N2O/c1-5-8-15-18-16(12(3)4)17(20)19(15)14-10-7-9-13(6-2)11-14/h12-16,18H,5-11H2,1-4H3. The Morgan fingerprint density at radius 1 is 1.30 bits per heavy atom. The summed E-state index contributed by atoms with van der Waals surface area (Å²) >= 11 is 0. The molecule has 0 bridgehead atoms. The van der Waals surface area contributed by atoms with Gasteiger partial charge >= 0.3 is 0 Å². The van der Waals surface area contributed by atoms with Gasteiger partial charge in [0.05, 0.1) is 12.2 Å². The second-order valence-corrected chi connectivity index (χ2v) is 7.03. The van der Waals surface area contributed by atoms with Gasteiger partial charge in [-0.25, -0.2) is 0 Å². The van der Waals surface area contributed by atoms with Crippen molar-refractivity contribution >= 4 is 5.91 Å². The summed E-state index contributed by atoms with van der Waals surface area (Å²) in [6, 6.07) is 0.516. The maximum Gasteiger partial charge on any atom is 0.241 e. The first kappa shape index (κ1) is 15.8. The van der Waals surface area contributed by atoms with Crippen LogP contribution in [0, 0.1) is 11.8 Å². The largest absolute Gasteiger partial charge is 0.323 e. The minimum atomic E-state index is 0.0357. The summed E-state index contributed by atoms with van der Waals surface area (Å²) in [6.07, 6.45) is 8.83. The van der Waals surface area contributed by atoms with Gasteiger partial charge in [0.15, 0.2) is 0 Å². The Hall–Kier alpha value is -0.570. The average molecular weight is 280 g/mol. The van der Waals surface area contributed by atoms with E-state index in [-0.39, 0.29) is 12.2 Å². The summed E-state index contributed by atoms with van der Waals surface area (Å²) < 4.78 is 0. The first-order valence-electron chi connectivity index (χ1n) is 8.66. The van der Waals surface area contributed by atoms with E-state index in [9.17, 15) is 4.79 Å². The van der Waals surface area contributed by atoms with Crippen LogP contribution in [0.2, 0.25) is 0 Å². The van der Waals surface area contributed by atoms with E-state index in [1.807, 2.05) is 0 Å². The van der Waals surface area contributed by atoms with Crippen LogP contribution >= 0.6 is 0 Å². The van der Waals surface area contributed by atoms with Gasteiger partial charge in [0.1, 0.15) is 0 Å². The van der Waals surface area contributed by atoms with E-state index in [4.69, 9.17) is 0 Å². The van der Waals surface area contributed by atoms with Crippen LogP contribution < -0.4 is 5.32 Å². The van der Waals surface area contributed by atoms with Crippen molar-refractivity contribution in [2.75, 3.05) is 0 Å². The van der Waals surface area contributed by atoms with Crippen LogP contribution in [0.5, 0.6) is 0 Å². The highest BCUT2D eigenvalue weighted by molar-refractivity contribution is 5.85. The van der Waals surface area contributed by atoms with Crippen molar-refractivity contribution in [3.8, 4) is 0 Å². The summed E-state index contributed by atoms with van der Waals surface area (Å²) in [6.45, 7) is 8.80. The maximum absolute atomic E-state index is 12.8. The molecule has 0 aromatic rings. The molecule has 20 heavy (non-hydrogen) atoms. The second-order valence-electron chi connectivity index (χ2n) is 7.03. The topological polar surface area (TPSA) is 32.3 Å². The molecule has 0 radical (unpaired) electrons. The Morgan fingerprint density at radius 3 is 2.65 bits per heavy atom. The molecule has 4 atom stereocenters. The zero-order chi connectivity index (χ0) is 14.7. The molecule has 3 nitrogen and oxygen atoms in total. The van der Waals surface area contributed by atoms with Crippen molar-refractivity contribution in [3.05, 3.63) is 0 Å². The highest BCUT2D eigenvalue weighted by Crippen LogP contribution is 2.33. The first-order chi connectivity index (χ1) is 9.58. The fourth-order valence-corrected chi connectivity index (χ4v) is 3.97. The van der Waals surface area contributed by atoms with Crippen molar-refractivity contribution in [1.82, 2.24) is 10.2 Å². The molecule has 2 fully saturated rings. The van der Waals surface area contributed by atoms with E-state index in [1.54, 1.807) is 0 Å². The van der Waals surface area contributed by atoms with E-state index in [0.29, 0.717) is 17.9 Å². The van der Waals surface area contributed by atoms with Crippen LogP contribution in [0.25, 0.3) is 0 Å². The number of carbonyl (C=O) groups is 1. The number of carbonyl (C=O) groups excluding carboxylic acids is 1. The number of nitrogens with one attached hydrogen (secondary N) is 1. The molecule has 4 unspecified atom stereocenters. The van der Waals surface area contributed by atoms with Gasteiger partial charge in [0.25, 0.3) is 0 Å². The van der Waals surface area contributed by atoms with Gasteiger partial charge in [-0.1, -0.05) is 53.4 Å². The molecule has 1 saturated heterocycles. The van der Waals surface area contributed by atoms with Gasteiger partial charge in [-0.3, -0.25) is 10.1 Å². The normalized spacial score (nSPS) is 35.0. The molecule has 1 aliphatic carbocycles. The van der Waals surface area contributed by atoms with Crippen LogP contribution in [-0.4, -0.2) is 29.1 Å². The van der Waals surface area contributed by atoms with Gasteiger partial charge < -0.3 is 4.90 Å². The first-order valence-corrected chi connectivity index (χ1v) is 8.66. The quantitative estimate of drug-likeness (QED) is 0.835. The van der Waals surface area contributed by atoms with Crippen molar-refractivity contribution in [1.29, 1.82) is 0 Å². The van der Waals surface area contributed by atoms with Gasteiger partial charge in [-0.05, 0) is 31.1 Å². The summed E-state index contributed by atoms with van der Waals surface area (Å²) in [5.41, 5.74) is 0. The van der Waals surface area contributed by atoms with Crippen molar-refractivity contribution in [3.63, 3.8) is 0 Å². The Balaban J connectivity index is 2.11. The number of nitrogens with zero attached hydrogens (tertiary/aromatic N) is 1. The SMILES string of the molecule is CCCC1NC(C(C)C)C(=O)N1C1CCCC(CC)C1. The highest BCUT2D eigenvalue weighted by Gasteiger charge is 2.43. The molecular formula is C17H32N2O. The lowest BCUT2D eigenvalue weighted by Gasteiger charge is -2.38. The van der Waals surface area contributed by atoms with Crippen molar-refractivity contribution in [2.45, 2.75) is 90.9 Å². The highest BCUT2D eigenvalue weighted by atomic mass is 16.2. The molecule has 2 rings (SSSR count). The predicted molar refractivity (Wildman–Crippen MR) is 83.3 cm³/mol. The van der Waals surface area contributed by atoms with Gasteiger partial charge in [0, 0.05) is 6.04 Å². The minimum Gasteiger partial charge on any atom is -0.323 e. The average Bonchev–Trinajstić information content (AvgIpc) is 2.76. The van der Waals surface area contributed by atoms with Gasteiger partial charge in [0.2, 0.25) is 5.91 Å². The van der Waals surface area contributed by atoms with E-state index in [0.717, 1.165) is 18.8 Å². The number of rotatable bonds is 5. The van der Waals surface area contributed by atoms with Crippen LogP contribution in [0.15, 0.2) is 0 Å². The van der Waals surface area contributed by atoms with Crippen LogP contribution in [0.4, 0.5) is 0 Å². The molecule has 1 N–H and O–H groups in total. The summed E-state index contributed by atoms with van der Waals surface area (Å²) in [5, 5.41) is 3.60. The third-order valence-electron chi connectivity index (χ3n) is 5.18. The Kier molecular flexibility index (Phi) is 5.48. The zero-order valence-corrected chi connectivity index (χ0v) is 13.7. The van der Waals surface area contributed by atoms with Gasteiger partial charge in [-0.15, -0.1) is 0 Å². The summed E-state index contributed by atoms with van der Waals surface area (Å²) in [7, 11) is 0. The number of hydrogen-bond acceptors (Lipinski definition) is 2. The van der Waals surface area contributed by atoms with E-state index in [2.05, 4.69) is 37.9 Å². The third-order valence-corrected chi connectivity index (χ3v) is 5.18. The van der Waals surface area contributed by atoms with Crippen molar-refractivity contribution < 1.29 is 4.79 Å². The zero-order valence-electron chi connectivity index (χ0n) is 13.7. The maximum atomic E-state index is 12.8. The molecular weight excluding hydrogens is 248 g/mol. The number of hydrogen-bond donors (Lipinski definition) is 1. The molecule has 3 heteroatoms. The molecule has 0 aromatic carbocycles. The summed E-state index contributed by atoms with van der Waals surface area (Å²) in [5.74, 6) is 1.57.